The molecule has 0 aliphatic heterocycles. The number of nitrogens with zero attached hydrogens (tertiary/aromatic N) is 3. The van der Waals surface area contributed by atoms with Gasteiger partial charge in [-0.15, -0.1) is 0 Å². The van der Waals surface area contributed by atoms with Crippen molar-refractivity contribution >= 4 is 16.6 Å². The van der Waals surface area contributed by atoms with Crippen LogP contribution in [0.4, 0.5) is 0 Å². The van der Waals surface area contributed by atoms with E-state index in [1.54, 1.807) is 0 Å². The molecule has 0 aliphatic carbocycles. The van der Waals surface area contributed by atoms with Gasteiger partial charge < -0.3 is 5.11 Å². The molecular weight excluding hydrogens is 346 g/mol. The van der Waals surface area contributed by atoms with Crippen LogP contribution in [0.5, 0.6) is 0 Å². The number of hydrogen-bond donors (Lipinski definition) is 1. The third-order valence-electron chi connectivity index (χ3n) is 5.34. The molecule has 0 bridgehead atoms. The number of benzene rings is 2. The molecule has 0 aliphatic rings. The molecule has 2 aromatic heterocycles. The molecule has 28 heavy (non-hydrogen) atoms. The molecule has 0 fully saturated rings. The molecule has 0 spiro atoms. The van der Waals surface area contributed by atoms with Crippen molar-refractivity contribution in [3.63, 3.8) is 0 Å². The van der Waals surface area contributed by atoms with Gasteiger partial charge in [0.25, 0.3) is 0 Å². The summed E-state index contributed by atoms with van der Waals surface area (Å²) in [4.78, 5) is 4.90. The highest BCUT2D eigenvalue weighted by Gasteiger charge is 2.25. The maximum absolute atomic E-state index is 10.4. The van der Waals surface area contributed by atoms with Crippen LogP contribution in [0.2, 0.25) is 0 Å². The van der Waals surface area contributed by atoms with Crippen molar-refractivity contribution in [3.8, 4) is 11.3 Å². The average Bonchev–Trinajstić information content (AvgIpc) is 3.04. The third kappa shape index (κ3) is 2.95. The van der Waals surface area contributed by atoms with E-state index in [0.29, 0.717) is 0 Å². The first-order valence-electron chi connectivity index (χ1n) is 9.74. The molecule has 2 heterocycles. The minimum atomic E-state index is -0.175. The van der Waals surface area contributed by atoms with Crippen molar-refractivity contribution in [2.24, 2.45) is 0 Å². The Kier molecular flexibility index (Phi) is 4.63. The van der Waals surface area contributed by atoms with Crippen LogP contribution in [0.25, 0.3) is 27.8 Å². The summed E-state index contributed by atoms with van der Waals surface area (Å²) < 4.78 is 1.93. The molecule has 0 saturated heterocycles. The summed E-state index contributed by atoms with van der Waals surface area (Å²) in [5, 5.41) is 16.3. The Morgan fingerprint density at radius 2 is 1.82 bits per heavy atom. The zero-order valence-corrected chi connectivity index (χ0v) is 16.6. The van der Waals surface area contributed by atoms with Crippen LogP contribution < -0.4 is 0 Å². The van der Waals surface area contributed by atoms with Crippen molar-refractivity contribution in [2.45, 2.75) is 39.5 Å². The topological polar surface area (TPSA) is 50.4 Å². The van der Waals surface area contributed by atoms with E-state index >= 15 is 0 Å². The van der Waals surface area contributed by atoms with Crippen molar-refractivity contribution in [1.82, 2.24) is 14.6 Å². The predicted octanol–water partition coefficient (Wildman–Crippen LogP) is 6.12. The lowest BCUT2D eigenvalue weighted by Gasteiger charge is -2.22. The van der Waals surface area contributed by atoms with Gasteiger partial charge in [-0.3, -0.25) is 0 Å². The van der Waals surface area contributed by atoms with Crippen LogP contribution in [0, 0.1) is 13.8 Å². The predicted molar refractivity (Wildman–Crippen MR) is 115 cm³/mol. The fourth-order valence-electron chi connectivity index (χ4n) is 3.96. The molecule has 4 heteroatoms. The van der Waals surface area contributed by atoms with Crippen molar-refractivity contribution in [1.29, 1.82) is 0 Å². The summed E-state index contributed by atoms with van der Waals surface area (Å²) in [5.41, 5.74) is 6.90. The van der Waals surface area contributed by atoms with E-state index in [-0.39, 0.29) is 11.7 Å². The fraction of sp³-hybridized carbons (Fsp3) is 0.250. The zero-order chi connectivity index (χ0) is 19.8. The molecule has 1 unspecified atom stereocenters. The summed E-state index contributed by atoms with van der Waals surface area (Å²) >= 11 is 0. The van der Waals surface area contributed by atoms with Crippen LogP contribution in [-0.4, -0.2) is 19.7 Å². The minimum Gasteiger partial charge on any atom is -0.512 e. The Morgan fingerprint density at radius 3 is 2.50 bits per heavy atom. The Balaban J connectivity index is 2.14. The molecule has 4 aromatic rings. The number of rotatable bonds is 5. The monoisotopic (exact) mass is 371 g/mol. The normalized spacial score (nSPS) is 12.5. The number of aromatic nitrogens is 3. The van der Waals surface area contributed by atoms with E-state index in [9.17, 15) is 5.11 Å². The molecule has 0 saturated carbocycles. The van der Waals surface area contributed by atoms with E-state index in [1.165, 1.54) is 5.56 Å². The Hall–Kier alpha value is -3.14. The quantitative estimate of drug-likeness (QED) is 0.430. The average molecular weight is 371 g/mol. The SMILES string of the molecule is C=C(O)C(CCC)c1c(C)nc2c3ccccc3nn2c1-c1ccc(C)cc1. The van der Waals surface area contributed by atoms with Gasteiger partial charge in [0.15, 0.2) is 5.65 Å². The van der Waals surface area contributed by atoms with Gasteiger partial charge in [0.2, 0.25) is 0 Å². The van der Waals surface area contributed by atoms with E-state index in [4.69, 9.17) is 10.1 Å². The van der Waals surface area contributed by atoms with E-state index in [1.807, 2.05) is 29.6 Å². The maximum Gasteiger partial charge on any atom is 0.163 e. The van der Waals surface area contributed by atoms with Crippen LogP contribution >= 0.6 is 0 Å². The largest absolute Gasteiger partial charge is 0.512 e. The van der Waals surface area contributed by atoms with Crippen molar-refractivity contribution < 1.29 is 5.11 Å². The molecule has 0 amide bonds. The number of aryl methyl sites for hydroxylation is 2. The summed E-state index contributed by atoms with van der Waals surface area (Å²) in [6, 6.07) is 16.5. The maximum atomic E-state index is 10.4. The Labute approximate surface area is 165 Å². The van der Waals surface area contributed by atoms with Crippen LogP contribution in [0.3, 0.4) is 0 Å². The van der Waals surface area contributed by atoms with Crippen molar-refractivity contribution in [2.75, 3.05) is 0 Å². The van der Waals surface area contributed by atoms with Crippen LogP contribution in [0.1, 0.15) is 42.5 Å². The van der Waals surface area contributed by atoms with Gasteiger partial charge in [0.05, 0.1) is 17.0 Å². The summed E-state index contributed by atoms with van der Waals surface area (Å²) in [6.45, 7) is 10.1. The lowest BCUT2D eigenvalue weighted by Crippen LogP contribution is -2.12. The third-order valence-corrected chi connectivity index (χ3v) is 5.34. The molecule has 142 valence electrons. The first-order chi connectivity index (χ1) is 13.5. The first kappa shape index (κ1) is 18.2. The van der Waals surface area contributed by atoms with Gasteiger partial charge in [-0.1, -0.05) is 61.9 Å². The van der Waals surface area contributed by atoms with Crippen molar-refractivity contribution in [3.05, 3.63) is 77.7 Å². The highest BCUT2D eigenvalue weighted by Crippen LogP contribution is 2.38. The van der Waals surface area contributed by atoms with Gasteiger partial charge in [0, 0.05) is 28.1 Å². The zero-order valence-electron chi connectivity index (χ0n) is 16.6. The number of aliphatic hydroxyl groups excluding tert-OH is 1. The fourth-order valence-corrected chi connectivity index (χ4v) is 3.96. The van der Waals surface area contributed by atoms with Crippen LogP contribution in [0.15, 0.2) is 60.9 Å². The highest BCUT2D eigenvalue weighted by atomic mass is 16.3. The number of allylic oxidation sites excluding steroid dienone is 1. The standard InChI is InChI=1S/C24H25N3O/c1-5-8-19(17(4)28)22-16(3)25-24-20-9-6-7-10-21(20)26-27(24)23(22)18-13-11-15(2)12-14-18/h6-7,9-14,19,28H,4-5,8H2,1-3H3. The Morgan fingerprint density at radius 1 is 1.11 bits per heavy atom. The highest BCUT2D eigenvalue weighted by molar-refractivity contribution is 5.93. The molecule has 4 rings (SSSR count). The molecule has 0 radical (unpaired) electrons. The van der Waals surface area contributed by atoms with Gasteiger partial charge in [-0.2, -0.15) is 5.10 Å². The first-order valence-corrected chi connectivity index (χ1v) is 9.74. The number of hydrogen-bond acceptors (Lipinski definition) is 3. The van der Waals surface area contributed by atoms with Gasteiger partial charge >= 0.3 is 0 Å². The molecular formula is C24H25N3O. The molecule has 1 N–H and O–H groups in total. The smallest absolute Gasteiger partial charge is 0.163 e. The van der Waals surface area contributed by atoms with E-state index in [2.05, 4.69) is 50.8 Å². The second kappa shape index (κ2) is 7.12. The van der Waals surface area contributed by atoms with Gasteiger partial charge in [-0.05, 0) is 32.4 Å². The van der Waals surface area contributed by atoms with Gasteiger partial charge in [0.1, 0.15) is 0 Å². The lowest BCUT2D eigenvalue weighted by molar-refractivity contribution is 0.360. The Bertz CT molecular complexity index is 1170. The number of aliphatic hydroxyl groups is 1. The summed E-state index contributed by atoms with van der Waals surface area (Å²) in [5.74, 6) is 0.00156. The second-order valence-corrected chi connectivity index (χ2v) is 7.41. The lowest BCUT2D eigenvalue weighted by atomic mass is 9.88. The van der Waals surface area contributed by atoms with E-state index in [0.717, 1.165) is 51.9 Å². The summed E-state index contributed by atoms with van der Waals surface area (Å²) in [6.07, 6.45) is 1.75. The minimum absolute atomic E-state index is 0.175. The molecule has 2 aromatic carbocycles. The second-order valence-electron chi connectivity index (χ2n) is 7.41. The molecule has 1 atom stereocenters. The number of fused-ring (bicyclic) bond motifs is 3. The summed E-state index contributed by atoms with van der Waals surface area (Å²) in [7, 11) is 0. The van der Waals surface area contributed by atoms with Crippen LogP contribution in [-0.2, 0) is 0 Å². The van der Waals surface area contributed by atoms with E-state index < -0.39 is 0 Å². The van der Waals surface area contributed by atoms with Gasteiger partial charge in [-0.25, -0.2) is 9.50 Å². The molecule has 4 nitrogen and oxygen atoms in total.